The maximum Gasteiger partial charge on any atom is 0.147 e. The molecule has 0 spiro atoms. The average Bonchev–Trinajstić information content (AvgIpc) is 2.46. The molecule has 0 aliphatic rings. The van der Waals surface area contributed by atoms with E-state index in [1.54, 1.807) is 23.9 Å². The van der Waals surface area contributed by atoms with Crippen molar-refractivity contribution < 1.29 is 4.39 Å². The summed E-state index contributed by atoms with van der Waals surface area (Å²) < 4.78 is 13.6. The summed E-state index contributed by atoms with van der Waals surface area (Å²) in [5.41, 5.74) is 0.773. The van der Waals surface area contributed by atoms with Gasteiger partial charge in [-0.1, -0.05) is 18.2 Å². The van der Waals surface area contributed by atoms with Gasteiger partial charge in [0.1, 0.15) is 5.82 Å². The van der Waals surface area contributed by atoms with Crippen LogP contribution in [0.5, 0.6) is 0 Å². The normalized spacial score (nSPS) is 9.89. The Hall–Kier alpha value is -1.99. The fourth-order valence-electron chi connectivity index (χ4n) is 1.60. The summed E-state index contributed by atoms with van der Waals surface area (Å²) in [4.78, 5) is 1.20. The Morgan fingerprint density at radius 2 is 1.95 bits per heavy atom. The Labute approximate surface area is 116 Å². The van der Waals surface area contributed by atoms with Crippen LogP contribution in [0.2, 0.25) is 0 Å². The smallest absolute Gasteiger partial charge is 0.147 e. The minimum absolute atomic E-state index is 0.335. The summed E-state index contributed by atoms with van der Waals surface area (Å²) in [5.74, 6) is 0.465. The van der Waals surface area contributed by atoms with Crippen LogP contribution in [0.25, 0.3) is 0 Å². The summed E-state index contributed by atoms with van der Waals surface area (Å²) in [6, 6.07) is 16.4. The van der Waals surface area contributed by atoms with E-state index in [1.807, 2.05) is 36.4 Å². The molecule has 0 aliphatic heterocycles. The highest BCUT2D eigenvalue weighted by Gasteiger charge is 2.02. The van der Waals surface area contributed by atoms with Gasteiger partial charge in [0.05, 0.1) is 17.3 Å². The zero-order valence-electron chi connectivity index (χ0n) is 10.3. The molecule has 4 heteroatoms. The zero-order valence-corrected chi connectivity index (χ0v) is 11.1. The molecule has 0 atom stereocenters. The Kier molecular flexibility index (Phi) is 4.82. The first kappa shape index (κ1) is 13.4. The van der Waals surface area contributed by atoms with Crippen LogP contribution in [0.1, 0.15) is 5.56 Å². The zero-order chi connectivity index (χ0) is 13.5. The van der Waals surface area contributed by atoms with Gasteiger partial charge < -0.3 is 5.32 Å². The van der Waals surface area contributed by atoms with E-state index in [-0.39, 0.29) is 5.82 Å². The molecule has 0 amide bonds. The molecule has 96 valence electrons. The highest BCUT2D eigenvalue weighted by atomic mass is 32.2. The second-order valence-electron chi connectivity index (χ2n) is 3.89. The summed E-state index contributed by atoms with van der Waals surface area (Å²) in [6.07, 6.45) is 0. The van der Waals surface area contributed by atoms with Gasteiger partial charge in [0.2, 0.25) is 0 Å². The molecule has 0 saturated heterocycles. The van der Waals surface area contributed by atoms with Gasteiger partial charge in [-0.3, -0.25) is 0 Å². The first-order valence-electron chi connectivity index (χ1n) is 5.91. The highest BCUT2D eigenvalue weighted by Crippen LogP contribution is 2.18. The van der Waals surface area contributed by atoms with Gasteiger partial charge in [-0.15, -0.1) is 11.8 Å². The number of thioether (sulfide) groups is 1. The monoisotopic (exact) mass is 272 g/mol. The molecule has 2 rings (SSSR count). The fourth-order valence-corrected chi connectivity index (χ4v) is 2.39. The van der Waals surface area contributed by atoms with Crippen LogP contribution in [-0.4, -0.2) is 12.3 Å². The van der Waals surface area contributed by atoms with E-state index in [1.165, 1.54) is 11.0 Å². The van der Waals surface area contributed by atoms with Gasteiger partial charge in [-0.05, 0) is 30.3 Å². The lowest BCUT2D eigenvalue weighted by Crippen LogP contribution is -2.05. The van der Waals surface area contributed by atoms with Crippen molar-refractivity contribution in [3.63, 3.8) is 0 Å². The van der Waals surface area contributed by atoms with E-state index in [0.29, 0.717) is 17.8 Å². The predicted molar refractivity (Wildman–Crippen MR) is 76.8 cm³/mol. The van der Waals surface area contributed by atoms with Gasteiger partial charge in [0, 0.05) is 17.2 Å². The second kappa shape index (κ2) is 6.81. The first-order chi connectivity index (χ1) is 9.29. The maximum absolute atomic E-state index is 13.6. The SMILES string of the molecule is N#Cc1ccc(NCCSc2ccccc2)c(F)c1. The molecule has 0 unspecified atom stereocenters. The van der Waals surface area contributed by atoms with Gasteiger partial charge >= 0.3 is 0 Å². The van der Waals surface area contributed by atoms with Gasteiger partial charge in [-0.2, -0.15) is 5.26 Å². The number of hydrogen-bond donors (Lipinski definition) is 1. The number of nitrogens with one attached hydrogen (secondary N) is 1. The molecular weight excluding hydrogens is 259 g/mol. The molecule has 0 saturated carbocycles. The van der Waals surface area contributed by atoms with Gasteiger partial charge in [-0.25, -0.2) is 4.39 Å². The molecule has 0 radical (unpaired) electrons. The molecule has 0 aromatic heterocycles. The van der Waals surface area contributed by atoms with Crippen LogP contribution in [0.4, 0.5) is 10.1 Å². The number of nitriles is 1. The summed E-state index contributed by atoms with van der Waals surface area (Å²) in [7, 11) is 0. The summed E-state index contributed by atoms with van der Waals surface area (Å²) >= 11 is 1.72. The topological polar surface area (TPSA) is 35.8 Å². The van der Waals surface area contributed by atoms with Crippen molar-refractivity contribution in [3.8, 4) is 6.07 Å². The Balaban J connectivity index is 1.82. The minimum Gasteiger partial charge on any atom is -0.382 e. The van der Waals surface area contributed by atoms with E-state index in [0.717, 1.165) is 5.75 Å². The molecule has 1 N–H and O–H groups in total. The van der Waals surface area contributed by atoms with Crippen molar-refractivity contribution >= 4 is 17.4 Å². The Morgan fingerprint density at radius 1 is 1.16 bits per heavy atom. The van der Waals surface area contributed by atoms with Crippen molar-refractivity contribution in [2.45, 2.75) is 4.90 Å². The lowest BCUT2D eigenvalue weighted by Gasteiger charge is -2.07. The van der Waals surface area contributed by atoms with Crippen molar-refractivity contribution in [3.05, 3.63) is 59.9 Å². The highest BCUT2D eigenvalue weighted by molar-refractivity contribution is 7.99. The van der Waals surface area contributed by atoms with Crippen LogP contribution >= 0.6 is 11.8 Å². The molecule has 2 aromatic carbocycles. The number of halogens is 1. The molecule has 0 fully saturated rings. The third-order valence-electron chi connectivity index (χ3n) is 2.53. The van der Waals surface area contributed by atoms with Crippen LogP contribution in [0.3, 0.4) is 0 Å². The number of nitrogens with zero attached hydrogens (tertiary/aromatic N) is 1. The Morgan fingerprint density at radius 3 is 2.63 bits per heavy atom. The quantitative estimate of drug-likeness (QED) is 0.662. The third kappa shape index (κ3) is 4.01. The van der Waals surface area contributed by atoms with Crippen LogP contribution in [0, 0.1) is 17.1 Å². The van der Waals surface area contributed by atoms with Crippen molar-refractivity contribution in [2.75, 3.05) is 17.6 Å². The van der Waals surface area contributed by atoms with Crippen LogP contribution < -0.4 is 5.32 Å². The third-order valence-corrected chi connectivity index (χ3v) is 3.54. The number of rotatable bonds is 5. The fraction of sp³-hybridized carbons (Fsp3) is 0.133. The largest absolute Gasteiger partial charge is 0.382 e. The van der Waals surface area contributed by atoms with Gasteiger partial charge in [0.15, 0.2) is 0 Å². The molecule has 0 aliphatic carbocycles. The first-order valence-corrected chi connectivity index (χ1v) is 6.89. The van der Waals surface area contributed by atoms with Crippen molar-refractivity contribution in [1.29, 1.82) is 5.26 Å². The van der Waals surface area contributed by atoms with Crippen molar-refractivity contribution in [1.82, 2.24) is 0 Å². The standard InChI is InChI=1S/C15H13FN2S/c16-14-10-12(11-17)6-7-15(14)18-8-9-19-13-4-2-1-3-5-13/h1-7,10,18H,8-9H2. The van der Waals surface area contributed by atoms with Gasteiger partial charge in [0.25, 0.3) is 0 Å². The van der Waals surface area contributed by atoms with E-state index >= 15 is 0 Å². The van der Waals surface area contributed by atoms with E-state index in [2.05, 4.69) is 5.32 Å². The Bertz CT molecular complexity index is 578. The maximum atomic E-state index is 13.6. The molecule has 19 heavy (non-hydrogen) atoms. The minimum atomic E-state index is -0.385. The van der Waals surface area contributed by atoms with E-state index in [4.69, 9.17) is 5.26 Å². The molecular formula is C15H13FN2S. The average molecular weight is 272 g/mol. The number of anilines is 1. The molecule has 2 nitrogen and oxygen atoms in total. The second-order valence-corrected chi connectivity index (χ2v) is 5.06. The van der Waals surface area contributed by atoms with Crippen molar-refractivity contribution in [2.24, 2.45) is 0 Å². The molecule has 0 heterocycles. The predicted octanol–water partition coefficient (Wildman–Crippen LogP) is 3.90. The summed E-state index contributed by atoms with van der Waals surface area (Å²) in [5, 5.41) is 11.7. The lowest BCUT2D eigenvalue weighted by molar-refractivity contribution is 0.630. The number of benzene rings is 2. The summed E-state index contributed by atoms with van der Waals surface area (Å²) in [6.45, 7) is 0.669. The van der Waals surface area contributed by atoms with E-state index < -0.39 is 0 Å². The molecule has 0 bridgehead atoms. The number of hydrogen-bond acceptors (Lipinski definition) is 3. The van der Waals surface area contributed by atoms with E-state index in [9.17, 15) is 4.39 Å². The van der Waals surface area contributed by atoms with Crippen LogP contribution in [-0.2, 0) is 0 Å². The molecule has 2 aromatic rings. The lowest BCUT2D eigenvalue weighted by atomic mass is 10.2. The van der Waals surface area contributed by atoms with Crippen LogP contribution in [0.15, 0.2) is 53.4 Å².